The van der Waals surface area contributed by atoms with Crippen molar-refractivity contribution in [1.29, 1.82) is 0 Å². The van der Waals surface area contributed by atoms with Crippen LogP contribution in [-0.2, 0) is 12.3 Å². The highest BCUT2D eigenvalue weighted by Gasteiger charge is 2.06. The van der Waals surface area contributed by atoms with Crippen LogP contribution in [0.15, 0.2) is 47.4 Å². The van der Waals surface area contributed by atoms with E-state index in [4.69, 9.17) is 11.6 Å². The normalized spacial score (nSPS) is 10.7. The first-order chi connectivity index (χ1) is 9.20. The smallest absolute Gasteiger partial charge is 0.145 e. The summed E-state index contributed by atoms with van der Waals surface area (Å²) >= 11 is 7.36. The zero-order chi connectivity index (χ0) is 13.7. The lowest BCUT2D eigenvalue weighted by Gasteiger charge is -2.06. The van der Waals surface area contributed by atoms with E-state index in [0.717, 1.165) is 11.4 Å². The number of nitrogens with one attached hydrogen (secondary N) is 1. The van der Waals surface area contributed by atoms with E-state index in [1.807, 2.05) is 7.05 Å². The molecule has 100 valence electrons. The summed E-state index contributed by atoms with van der Waals surface area (Å²) in [5.74, 6) is 0.265. The molecule has 2 aromatic rings. The monoisotopic (exact) mass is 295 g/mol. The van der Waals surface area contributed by atoms with Crippen LogP contribution in [0.4, 0.5) is 4.39 Å². The minimum Gasteiger partial charge on any atom is -0.316 e. The molecule has 0 aromatic heterocycles. The molecule has 0 amide bonds. The molecule has 2 aromatic carbocycles. The van der Waals surface area contributed by atoms with Gasteiger partial charge in [0.1, 0.15) is 5.82 Å². The van der Waals surface area contributed by atoms with Crippen molar-refractivity contribution in [2.75, 3.05) is 7.05 Å². The molecule has 0 atom stereocenters. The van der Waals surface area contributed by atoms with Crippen LogP contribution in [0.1, 0.15) is 11.1 Å². The molecule has 0 aliphatic heterocycles. The highest BCUT2D eigenvalue weighted by Crippen LogP contribution is 2.26. The second-order valence-electron chi connectivity index (χ2n) is 4.18. The van der Waals surface area contributed by atoms with Crippen molar-refractivity contribution >= 4 is 23.4 Å². The van der Waals surface area contributed by atoms with Crippen molar-refractivity contribution in [1.82, 2.24) is 5.32 Å². The van der Waals surface area contributed by atoms with Crippen molar-refractivity contribution in [2.24, 2.45) is 0 Å². The number of halogens is 2. The maximum Gasteiger partial charge on any atom is 0.145 e. The van der Waals surface area contributed by atoms with Crippen molar-refractivity contribution in [3.63, 3.8) is 0 Å². The Balaban J connectivity index is 2.00. The van der Waals surface area contributed by atoms with Gasteiger partial charge in [-0.2, -0.15) is 0 Å². The van der Waals surface area contributed by atoms with Gasteiger partial charge in [0.2, 0.25) is 0 Å². The quantitative estimate of drug-likeness (QED) is 0.816. The molecule has 0 aliphatic rings. The SMILES string of the molecule is CNCc1ccc(SCc2cccc(Cl)c2F)cc1. The molecule has 1 nitrogen and oxygen atoms in total. The van der Waals surface area contributed by atoms with Gasteiger partial charge in [0, 0.05) is 17.2 Å². The maximum atomic E-state index is 13.7. The van der Waals surface area contributed by atoms with E-state index in [-0.39, 0.29) is 10.8 Å². The molecule has 2 rings (SSSR count). The average molecular weight is 296 g/mol. The summed E-state index contributed by atoms with van der Waals surface area (Å²) in [4.78, 5) is 1.12. The van der Waals surface area contributed by atoms with E-state index in [2.05, 4.69) is 29.6 Å². The van der Waals surface area contributed by atoms with Gasteiger partial charge in [-0.3, -0.25) is 0 Å². The van der Waals surface area contributed by atoms with Gasteiger partial charge >= 0.3 is 0 Å². The van der Waals surface area contributed by atoms with Crippen LogP contribution in [0.2, 0.25) is 5.02 Å². The van der Waals surface area contributed by atoms with Gasteiger partial charge in [-0.05, 0) is 36.4 Å². The molecule has 0 unspecified atom stereocenters. The van der Waals surface area contributed by atoms with Crippen molar-refractivity contribution in [2.45, 2.75) is 17.2 Å². The van der Waals surface area contributed by atoms with Crippen LogP contribution in [0.25, 0.3) is 0 Å². The third kappa shape index (κ3) is 3.96. The predicted octanol–water partition coefficient (Wildman–Crippen LogP) is 4.49. The van der Waals surface area contributed by atoms with Crippen molar-refractivity contribution in [3.8, 4) is 0 Å². The molecule has 0 saturated carbocycles. The minimum atomic E-state index is -0.316. The minimum absolute atomic E-state index is 0.183. The summed E-state index contributed by atoms with van der Waals surface area (Å²) in [6.45, 7) is 0.855. The van der Waals surface area contributed by atoms with E-state index >= 15 is 0 Å². The van der Waals surface area contributed by atoms with Crippen molar-refractivity contribution < 1.29 is 4.39 Å². The molecule has 0 fully saturated rings. The molecule has 4 heteroatoms. The topological polar surface area (TPSA) is 12.0 Å². The van der Waals surface area contributed by atoms with Crippen LogP contribution in [0, 0.1) is 5.82 Å². The van der Waals surface area contributed by atoms with Gasteiger partial charge < -0.3 is 5.32 Å². The molecule has 0 heterocycles. The van der Waals surface area contributed by atoms with Crippen LogP contribution >= 0.6 is 23.4 Å². The Bertz CT molecular complexity index is 542. The highest BCUT2D eigenvalue weighted by atomic mass is 35.5. The van der Waals surface area contributed by atoms with Crippen LogP contribution in [0.5, 0.6) is 0 Å². The molecular weight excluding hydrogens is 281 g/mol. The van der Waals surface area contributed by atoms with Crippen LogP contribution < -0.4 is 5.32 Å². The average Bonchev–Trinajstić information content (AvgIpc) is 2.42. The molecule has 0 radical (unpaired) electrons. The number of hydrogen-bond donors (Lipinski definition) is 1. The predicted molar refractivity (Wildman–Crippen MR) is 80.2 cm³/mol. The highest BCUT2D eigenvalue weighted by molar-refractivity contribution is 7.98. The summed E-state index contributed by atoms with van der Waals surface area (Å²) in [6, 6.07) is 13.4. The first-order valence-electron chi connectivity index (χ1n) is 6.00. The Hall–Kier alpha value is -1.03. The van der Waals surface area contributed by atoms with Crippen LogP contribution in [-0.4, -0.2) is 7.05 Å². The third-order valence-electron chi connectivity index (χ3n) is 2.73. The largest absolute Gasteiger partial charge is 0.316 e. The number of thioether (sulfide) groups is 1. The standard InChI is InChI=1S/C15H15ClFNS/c1-18-9-11-5-7-13(8-6-11)19-10-12-3-2-4-14(16)15(12)17/h2-8,18H,9-10H2,1H3. The van der Waals surface area contributed by atoms with Gasteiger partial charge in [-0.25, -0.2) is 4.39 Å². The van der Waals surface area contributed by atoms with Gasteiger partial charge in [0.15, 0.2) is 0 Å². The van der Waals surface area contributed by atoms with Gasteiger partial charge in [-0.1, -0.05) is 35.9 Å². The summed E-state index contributed by atoms with van der Waals surface area (Å²) in [5.41, 5.74) is 1.87. The Labute approximate surface area is 122 Å². The third-order valence-corrected chi connectivity index (χ3v) is 4.08. The fraction of sp³-hybridized carbons (Fsp3) is 0.200. The summed E-state index contributed by atoms with van der Waals surface area (Å²) in [5, 5.41) is 3.29. The Morgan fingerprint density at radius 1 is 1.16 bits per heavy atom. The lowest BCUT2D eigenvalue weighted by atomic mass is 10.2. The summed E-state index contributed by atoms with van der Waals surface area (Å²) in [6.07, 6.45) is 0. The summed E-state index contributed by atoms with van der Waals surface area (Å²) < 4.78 is 13.7. The second kappa shape index (κ2) is 6.94. The molecule has 0 saturated heterocycles. The Morgan fingerprint density at radius 2 is 1.89 bits per heavy atom. The van der Waals surface area contributed by atoms with Gasteiger partial charge in [-0.15, -0.1) is 11.8 Å². The van der Waals surface area contributed by atoms with Crippen molar-refractivity contribution in [3.05, 3.63) is 64.4 Å². The molecule has 19 heavy (non-hydrogen) atoms. The van der Waals surface area contributed by atoms with E-state index in [9.17, 15) is 4.39 Å². The lowest BCUT2D eigenvalue weighted by Crippen LogP contribution is -2.04. The fourth-order valence-electron chi connectivity index (χ4n) is 1.73. The van der Waals surface area contributed by atoms with E-state index in [1.54, 1.807) is 30.0 Å². The van der Waals surface area contributed by atoms with E-state index in [1.165, 1.54) is 5.56 Å². The maximum absolute atomic E-state index is 13.7. The molecule has 0 spiro atoms. The lowest BCUT2D eigenvalue weighted by molar-refractivity contribution is 0.618. The first-order valence-corrected chi connectivity index (χ1v) is 7.36. The number of rotatable bonds is 5. The van der Waals surface area contributed by atoms with Gasteiger partial charge in [0.25, 0.3) is 0 Å². The number of benzene rings is 2. The van der Waals surface area contributed by atoms with Gasteiger partial charge in [0.05, 0.1) is 5.02 Å². The number of hydrogen-bond acceptors (Lipinski definition) is 2. The van der Waals surface area contributed by atoms with Crippen LogP contribution in [0.3, 0.4) is 0 Å². The zero-order valence-electron chi connectivity index (χ0n) is 10.6. The second-order valence-corrected chi connectivity index (χ2v) is 5.63. The Morgan fingerprint density at radius 3 is 2.58 bits per heavy atom. The van der Waals surface area contributed by atoms with E-state index in [0.29, 0.717) is 11.3 Å². The first kappa shape index (κ1) is 14.4. The van der Waals surface area contributed by atoms with E-state index < -0.39 is 0 Å². The molecule has 0 bridgehead atoms. The zero-order valence-corrected chi connectivity index (χ0v) is 12.2. The Kier molecular flexibility index (Phi) is 5.25. The molecule has 1 N–H and O–H groups in total. The summed E-state index contributed by atoms with van der Waals surface area (Å²) in [7, 11) is 1.92. The molecule has 0 aliphatic carbocycles. The molecular formula is C15H15ClFNS. The fourth-order valence-corrected chi connectivity index (χ4v) is 2.80.